The highest BCUT2D eigenvalue weighted by atomic mass is 16.5. The number of rotatable bonds is 2. The van der Waals surface area contributed by atoms with Gasteiger partial charge in [-0.2, -0.15) is 5.21 Å². The van der Waals surface area contributed by atoms with Gasteiger partial charge in [0.1, 0.15) is 17.6 Å². The number of tetrazole rings is 1. The molecule has 122 valence electrons. The van der Waals surface area contributed by atoms with Crippen LogP contribution in [-0.4, -0.2) is 20.6 Å². The van der Waals surface area contributed by atoms with Gasteiger partial charge < -0.3 is 9.15 Å². The van der Waals surface area contributed by atoms with E-state index >= 15 is 0 Å². The van der Waals surface area contributed by atoms with E-state index in [4.69, 9.17) is 9.15 Å². The molecule has 3 heterocycles. The summed E-state index contributed by atoms with van der Waals surface area (Å²) in [7, 11) is 0. The Kier molecular flexibility index (Phi) is 3.23. The number of aryl methyl sites for hydroxylation is 1. The zero-order valence-electron chi connectivity index (χ0n) is 13.6. The monoisotopic (exact) mass is 324 g/mol. The van der Waals surface area contributed by atoms with Crippen molar-refractivity contribution in [2.45, 2.75) is 33.3 Å². The van der Waals surface area contributed by atoms with Gasteiger partial charge in [0.05, 0.1) is 11.1 Å². The van der Waals surface area contributed by atoms with E-state index in [0.29, 0.717) is 29.1 Å². The fraction of sp³-hybridized carbons (Fsp3) is 0.294. The first-order valence-electron chi connectivity index (χ1n) is 7.79. The number of benzene rings is 1. The van der Waals surface area contributed by atoms with Gasteiger partial charge in [-0.3, -0.25) is 4.79 Å². The lowest BCUT2D eigenvalue weighted by atomic mass is 9.94. The molecule has 1 aliphatic rings. The summed E-state index contributed by atoms with van der Waals surface area (Å²) in [6, 6.07) is 5.79. The van der Waals surface area contributed by atoms with Gasteiger partial charge in [0, 0.05) is 5.56 Å². The smallest absolute Gasteiger partial charge is 0.240 e. The van der Waals surface area contributed by atoms with Crippen molar-refractivity contribution in [1.29, 1.82) is 0 Å². The number of fused-ring (bicyclic) bond motifs is 3. The summed E-state index contributed by atoms with van der Waals surface area (Å²) in [5, 5.41) is 13.8. The molecule has 24 heavy (non-hydrogen) atoms. The third-order valence-electron chi connectivity index (χ3n) is 4.33. The van der Waals surface area contributed by atoms with Gasteiger partial charge in [-0.15, -0.1) is 10.2 Å². The van der Waals surface area contributed by atoms with Gasteiger partial charge in [-0.25, -0.2) is 0 Å². The molecule has 0 amide bonds. The van der Waals surface area contributed by atoms with Crippen molar-refractivity contribution < 1.29 is 9.15 Å². The summed E-state index contributed by atoms with van der Waals surface area (Å²) >= 11 is 0. The van der Waals surface area contributed by atoms with Crippen molar-refractivity contribution in [2.24, 2.45) is 0 Å². The largest absolute Gasteiger partial charge is 0.484 e. The Balaban J connectivity index is 2.08. The molecule has 4 rings (SSSR count). The van der Waals surface area contributed by atoms with Crippen molar-refractivity contribution in [3.05, 3.63) is 45.1 Å². The first-order chi connectivity index (χ1) is 11.6. The lowest BCUT2D eigenvalue weighted by Gasteiger charge is -2.28. The van der Waals surface area contributed by atoms with Crippen molar-refractivity contribution >= 4 is 0 Å². The van der Waals surface area contributed by atoms with E-state index in [-0.39, 0.29) is 17.4 Å². The zero-order valence-corrected chi connectivity index (χ0v) is 13.6. The molecule has 0 saturated heterocycles. The van der Waals surface area contributed by atoms with E-state index in [9.17, 15) is 4.79 Å². The summed E-state index contributed by atoms with van der Waals surface area (Å²) in [6.07, 6.45) is 0.342. The van der Waals surface area contributed by atoms with Crippen LogP contribution in [0, 0.1) is 13.8 Å². The summed E-state index contributed by atoms with van der Waals surface area (Å²) < 4.78 is 12.2. The number of hydrogen-bond donors (Lipinski definition) is 1. The minimum absolute atomic E-state index is 0.102. The van der Waals surface area contributed by atoms with Crippen LogP contribution in [0.2, 0.25) is 0 Å². The third kappa shape index (κ3) is 1.97. The maximum Gasteiger partial charge on any atom is 0.240 e. The number of para-hydroxylation sites is 1. The van der Waals surface area contributed by atoms with Gasteiger partial charge >= 0.3 is 0 Å². The minimum Gasteiger partial charge on any atom is -0.484 e. The average molecular weight is 324 g/mol. The van der Waals surface area contributed by atoms with Gasteiger partial charge in [0.15, 0.2) is 11.2 Å². The van der Waals surface area contributed by atoms with E-state index in [1.807, 2.05) is 32.0 Å². The van der Waals surface area contributed by atoms with Crippen LogP contribution in [-0.2, 0) is 0 Å². The molecule has 3 aromatic rings. The van der Waals surface area contributed by atoms with Crippen LogP contribution in [0.4, 0.5) is 0 Å². The molecule has 0 bridgehead atoms. The van der Waals surface area contributed by atoms with Gasteiger partial charge in [-0.05, 0) is 37.1 Å². The third-order valence-corrected chi connectivity index (χ3v) is 4.33. The second kappa shape index (κ2) is 5.30. The van der Waals surface area contributed by atoms with Gasteiger partial charge in [0.2, 0.25) is 5.82 Å². The van der Waals surface area contributed by atoms with Crippen LogP contribution >= 0.6 is 0 Å². The molecule has 1 aliphatic heterocycles. The van der Waals surface area contributed by atoms with Crippen LogP contribution in [0.15, 0.2) is 27.4 Å². The van der Waals surface area contributed by atoms with E-state index < -0.39 is 0 Å². The van der Waals surface area contributed by atoms with Crippen molar-refractivity contribution in [3.8, 4) is 28.7 Å². The van der Waals surface area contributed by atoms with Gasteiger partial charge in [-0.1, -0.05) is 19.1 Å². The molecule has 1 aromatic carbocycles. The number of hydrogen-bond acceptors (Lipinski definition) is 6. The molecule has 2 aromatic heterocycles. The Bertz CT molecular complexity index is 976. The Labute approximate surface area is 137 Å². The molecule has 0 fully saturated rings. The van der Waals surface area contributed by atoms with E-state index in [1.165, 1.54) is 0 Å². The van der Waals surface area contributed by atoms with Crippen LogP contribution in [0.25, 0.3) is 22.9 Å². The fourth-order valence-corrected chi connectivity index (χ4v) is 3.08. The number of aromatic nitrogens is 4. The Morgan fingerprint density at radius 2 is 2.08 bits per heavy atom. The summed E-state index contributed by atoms with van der Waals surface area (Å²) in [6.45, 7) is 5.67. The number of nitrogens with one attached hydrogen (secondary N) is 1. The SMILES string of the molecule is CCC1Oc2c(C)cccc2-c2oc(-c3nn[nH]n3)c(C)c(=O)c21. The minimum atomic E-state index is -0.331. The lowest BCUT2D eigenvalue weighted by Crippen LogP contribution is -2.24. The maximum absolute atomic E-state index is 13.0. The molecule has 1 atom stereocenters. The predicted molar refractivity (Wildman–Crippen MR) is 86.7 cm³/mol. The highest BCUT2D eigenvalue weighted by molar-refractivity contribution is 5.74. The summed E-state index contributed by atoms with van der Waals surface area (Å²) in [5.41, 5.74) is 2.68. The number of nitrogens with zero attached hydrogens (tertiary/aromatic N) is 3. The van der Waals surface area contributed by atoms with Crippen molar-refractivity contribution in [3.63, 3.8) is 0 Å². The van der Waals surface area contributed by atoms with E-state index in [1.54, 1.807) is 6.92 Å². The van der Waals surface area contributed by atoms with Crippen molar-refractivity contribution in [1.82, 2.24) is 20.6 Å². The molecule has 0 spiro atoms. The molecule has 7 heteroatoms. The first-order valence-corrected chi connectivity index (χ1v) is 7.79. The van der Waals surface area contributed by atoms with Crippen LogP contribution in [0.1, 0.15) is 36.1 Å². The number of aromatic amines is 1. The van der Waals surface area contributed by atoms with Crippen LogP contribution in [0.3, 0.4) is 0 Å². The number of H-pyrrole nitrogens is 1. The van der Waals surface area contributed by atoms with Crippen LogP contribution < -0.4 is 10.2 Å². The predicted octanol–water partition coefficient (Wildman–Crippen LogP) is 2.95. The number of ether oxygens (including phenoxy) is 1. The molecule has 0 saturated carbocycles. The Morgan fingerprint density at radius 1 is 1.25 bits per heavy atom. The van der Waals surface area contributed by atoms with Crippen molar-refractivity contribution in [2.75, 3.05) is 0 Å². The lowest BCUT2D eigenvalue weighted by molar-refractivity contribution is 0.190. The maximum atomic E-state index is 13.0. The van der Waals surface area contributed by atoms with Crippen LogP contribution in [0.5, 0.6) is 5.75 Å². The first kappa shape index (κ1) is 14.6. The molecular weight excluding hydrogens is 308 g/mol. The second-order valence-electron chi connectivity index (χ2n) is 5.83. The molecule has 1 unspecified atom stereocenters. The Morgan fingerprint density at radius 3 is 2.79 bits per heavy atom. The molecule has 0 radical (unpaired) electrons. The summed E-state index contributed by atoms with van der Waals surface area (Å²) in [4.78, 5) is 13.0. The topological polar surface area (TPSA) is 93.9 Å². The molecular formula is C17H16N4O3. The standard InChI is InChI=1S/C17H16N4O3/c1-4-11-12-13(22)9(3)15(17-18-20-21-19-17)24-16(12)10-7-5-6-8(2)14(10)23-11/h5-7,11H,4H2,1-3H3,(H,18,19,20,21). The summed E-state index contributed by atoms with van der Waals surface area (Å²) in [5.74, 6) is 1.88. The quantitative estimate of drug-likeness (QED) is 0.779. The highest BCUT2D eigenvalue weighted by Crippen LogP contribution is 2.45. The van der Waals surface area contributed by atoms with E-state index in [2.05, 4.69) is 20.6 Å². The molecule has 1 N–H and O–H groups in total. The highest BCUT2D eigenvalue weighted by Gasteiger charge is 2.33. The zero-order chi connectivity index (χ0) is 16.8. The van der Waals surface area contributed by atoms with Gasteiger partial charge in [0.25, 0.3) is 0 Å². The fourth-order valence-electron chi connectivity index (χ4n) is 3.08. The molecule has 0 aliphatic carbocycles. The normalized spacial score (nSPS) is 15.5. The Hall–Kier alpha value is -2.96. The molecule has 7 nitrogen and oxygen atoms in total. The second-order valence-corrected chi connectivity index (χ2v) is 5.83. The average Bonchev–Trinajstić information content (AvgIpc) is 3.11. The van der Waals surface area contributed by atoms with E-state index in [0.717, 1.165) is 16.9 Å².